The number of Topliss-reactive ketones (excluding diaryl/α,β-unsaturated/α-hetero) is 1. The van der Waals surface area contributed by atoms with E-state index in [0.717, 1.165) is 0 Å². The first-order chi connectivity index (χ1) is 3.77. The predicted molar refractivity (Wildman–Crippen MR) is 33.3 cm³/mol. The number of carbonyl (C=O) groups excluding carboxylic acids is 1. The first-order valence-electron chi connectivity index (χ1n) is 2.40. The van der Waals surface area contributed by atoms with Gasteiger partial charge in [0.05, 0.1) is 0 Å². The standard InChI is InChI=1S/C7H8O/c1-3-4-5-6-7(2)8/h3-4H,1-2H3. The van der Waals surface area contributed by atoms with Crippen LogP contribution in [-0.4, -0.2) is 5.78 Å². The Balaban J connectivity index is 3.68. The average molecular weight is 108 g/mol. The monoisotopic (exact) mass is 108 g/mol. The molecule has 1 heteroatoms. The van der Waals surface area contributed by atoms with Crippen LogP contribution in [0.5, 0.6) is 0 Å². The second kappa shape index (κ2) is 4.14. The van der Waals surface area contributed by atoms with Crippen molar-refractivity contribution in [3.8, 4) is 11.8 Å². The normalized spacial score (nSPS) is 8.25. The molecule has 0 aromatic rings. The Kier molecular flexibility index (Phi) is 3.60. The van der Waals surface area contributed by atoms with Crippen LogP contribution in [0, 0.1) is 11.8 Å². The number of carbonyl (C=O) groups is 1. The van der Waals surface area contributed by atoms with Gasteiger partial charge < -0.3 is 0 Å². The van der Waals surface area contributed by atoms with Crippen LogP contribution in [0.4, 0.5) is 0 Å². The third-order valence-electron chi connectivity index (χ3n) is 0.498. The summed E-state index contributed by atoms with van der Waals surface area (Å²) in [6.07, 6.45) is 3.43. The smallest absolute Gasteiger partial charge is 0.202 e. The minimum absolute atomic E-state index is 0.0944. The zero-order valence-electron chi connectivity index (χ0n) is 5.06. The summed E-state index contributed by atoms with van der Waals surface area (Å²) in [6, 6.07) is 0. The number of allylic oxidation sites excluding steroid dienone is 2. The lowest BCUT2D eigenvalue weighted by molar-refractivity contribution is -0.111. The molecule has 0 heterocycles. The van der Waals surface area contributed by atoms with Gasteiger partial charge in [0.25, 0.3) is 0 Å². The summed E-state index contributed by atoms with van der Waals surface area (Å²) in [4.78, 5) is 10.1. The van der Waals surface area contributed by atoms with Crippen molar-refractivity contribution in [3.63, 3.8) is 0 Å². The van der Waals surface area contributed by atoms with Crippen molar-refractivity contribution in [2.75, 3.05) is 0 Å². The van der Waals surface area contributed by atoms with Crippen molar-refractivity contribution < 1.29 is 4.79 Å². The molecule has 0 atom stereocenters. The molecule has 0 aliphatic carbocycles. The van der Waals surface area contributed by atoms with Gasteiger partial charge in [0.2, 0.25) is 5.78 Å². The van der Waals surface area contributed by atoms with E-state index in [1.165, 1.54) is 6.92 Å². The van der Waals surface area contributed by atoms with Gasteiger partial charge in [0.1, 0.15) is 0 Å². The van der Waals surface area contributed by atoms with E-state index >= 15 is 0 Å². The van der Waals surface area contributed by atoms with Crippen LogP contribution < -0.4 is 0 Å². The molecule has 0 rings (SSSR count). The van der Waals surface area contributed by atoms with E-state index in [4.69, 9.17) is 0 Å². The quantitative estimate of drug-likeness (QED) is 0.336. The molecular weight excluding hydrogens is 100 g/mol. The van der Waals surface area contributed by atoms with Crippen LogP contribution in [0.3, 0.4) is 0 Å². The molecule has 0 spiro atoms. The first-order valence-corrected chi connectivity index (χ1v) is 2.40. The molecule has 0 radical (unpaired) electrons. The molecule has 0 saturated carbocycles. The summed E-state index contributed by atoms with van der Waals surface area (Å²) in [6.45, 7) is 3.30. The van der Waals surface area contributed by atoms with Gasteiger partial charge in [-0.05, 0) is 18.9 Å². The Hall–Kier alpha value is -1.03. The summed E-state index contributed by atoms with van der Waals surface area (Å²) in [5, 5.41) is 0. The van der Waals surface area contributed by atoms with Gasteiger partial charge in [-0.15, -0.1) is 0 Å². The van der Waals surface area contributed by atoms with E-state index in [9.17, 15) is 4.79 Å². The van der Waals surface area contributed by atoms with Crippen molar-refractivity contribution in [2.24, 2.45) is 0 Å². The highest BCUT2D eigenvalue weighted by Crippen LogP contribution is 1.65. The van der Waals surface area contributed by atoms with Gasteiger partial charge in [0, 0.05) is 6.92 Å². The van der Waals surface area contributed by atoms with E-state index in [2.05, 4.69) is 11.8 Å². The van der Waals surface area contributed by atoms with Crippen LogP contribution >= 0.6 is 0 Å². The fourth-order valence-corrected chi connectivity index (χ4v) is 0.227. The van der Waals surface area contributed by atoms with Crippen molar-refractivity contribution in [2.45, 2.75) is 13.8 Å². The molecule has 0 aromatic heterocycles. The van der Waals surface area contributed by atoms with Gasteiger partial charge in [-0.3, -0.25) is 4.79 Å². The first kappa shape index (κ1) is 6.97. The zero-order chi connectivity index (χ0) is 6.41. The Morgan fingerprint density at radius 3 is 2.62 bits per heavy atom. The highest BCUT2D eigenvalue weighted by atomic mass is 16.1. The third kappa shape index (κ3) is 4.97. The van der Waals surface area contributed by atoms with Gasteiger partial charge in [-0.25, -0.2) is 0 Å². The number of ketones is 1. The molecule has 0 bridgehead atoms. The summed E-state index contributed by atoms with van der Waals surface area (Å²) < 4.78 is 0. The lowest BCUT2D eigenvalue weighted by Crippen LogP contribution is -1.78. The van der Waals surface area contributed by atoms with Gasteiger partial charge in [0.15, 0.2) is 0 Å². The summed E-state index contributed by atoms with van der Waals surface area (Å²) in [5.41, 5.74) is 0. The molecule has 0 N–H and O–H groups in total. The van der Waals surface area contributed by atoms with E-state index in [1.54, 1.807) is 12.2 Å². The average Bonchev–Trinajstić information content (AvgIpc) is 1.66. The molecule has 8 heavy (non-hydrogen) atoms. The zero-order valence-corrected chi connectivity index (χ0v) is 5.06. The minimum Gasteiger partial charge on any atom is -0.285 e. The maximum Gasteiger partial charge on any atom is 0.202 e. The SMILES string of the molecule is CC=CC#CC(C)=O. The minimum atomic E-state index is -0.0944. The molecule has 1 nitrogen and oxygen atoms in total. The van der Waals surface area contributed by atoms with Crippen LogP contribution in [0.15, 0.2) is 12.2 Å². The van der Waals surface area contributed by atoms with Crippen LogP contribution in [-0.2, 0) is 4.79 Å². The lowest BCUT2D eigenvalue weighted by Gasteiger charge is -1.65. The van der Waals surface area contributed by atoms with Gasteiger partial charge in [-0.2, -0.15) is 0 Å². The highest BCUT2D eigenvalue weighted by molar-refractivity contribution is 5.93. The molecule has 0 aliphatic rings. The fraction of sp³-hybridized carbons (Fsp3) is 0.286. The van der Waals surface area contributed by atoms with E-state index < -0.39 is 0 Å². The molecular formula is C7H8O. The predicted octanol–water partition coefficient (Wildman–Crippen LogP) is 1.15. The van der Waals surface area contributed by atoms with E-state index in [-0.39, 0.29) is 5.78 Å². The maximum absolute atomic E-state index is 10.1. The highest BCUT2D eigenvalue weighted by Gasteiger charge is 1.73. The number of rotatable bonds is 0. The van der Waals surface area contributed by atoms with Gasteiger partial charge >= 0.3 is 0 Å². The number of hydrogen-bond donors (Lipinski definition) is 0. The Labute approximate surface area is 49.4 Å². The van der Waals surface area contributed by atoms with E-state index in [1.807, 2.05) is 6.92 Å². The molecule has 0 saturated heterocycles. The molecule has 0 amide bonds. The molecule has 0 aromatic carbocycles. The van der Waals surface area contributed by atoms with Crippen LogP contribution in [0.1, 0.15) is 13.8 Å². The third-order valence-corrected chi connectivity index (χ3v) is 0.498. The fourth-order valence-electron chi connectivity index (χ4n) is 0.227. The van der Waals surface area contributed by atoms with Gasteiger partial charge in [-0.1, -0.05) is 12.0 Å². The summed E-state index contributed by atoms with van der Waals surface area (Å²) in [7, 11) is 0. The maximum atomic E-state index is 10.1. The Morgan fingerprint density at radius 1 is 1.62 bits per heavy atom. The topological polar surface area (TPSA) is 17.1 Å². The lowest BCUT2D eigenvalue weighted by atomic mass is 10.4. The summed E-state index contributed by atoms with van der Waals surface area (Å²) in [5.74, 6) is 4.83. The molecule has 0 aliphatic heterocycles. The summed E-state index contributed by atoms with van der Waals surface area (Å²) >= 11 is 0. The van der Waals surface area contributed by atoms with Crippen LogP contribution in [0.25, 0.3) is 0 Å². The second-order valence-electron chi connectivity index (χ2n) is 1.33. The molecule has 0 unspecified atom stereocenters. The van der Waals surface area contributed by atoms with Crippen molar-refractivity contribution in [1.29, 1.82) is 0 Å². The number of hydrogen-bond acceptors (Lipinski definition) is 1. The van der Waals surface area contributed by atoms with Crippen molar-refractivity contribution in [1.82, 2.24) is 0 Å². The Bertz CT molecular complexity index is 155. The molecule has 0 fully saturated rings. The van der Waals surface area contributed by atoms with Crippen molar-refractivity contribution in [3.05, 3.63) is 12.2 Å². The second-order valence-corrected chi connectivity index (χ2v) is 1.33. The Morgan fingerprint density at radius 2 is 2.25 bits per heavy atom. The van der Waals surface area contributed by atoms with Crippen LogP contribution in [0.2, 0.25) is 0 Å². The largest absolute Gasteiger partial charge is 0.285 e. The molecule has 42 valence electrons. The van der Waals surface area contributed by atoms with Crippen molar-refractivity contribution >= 4 is 5.78 Å². The van der Waals surface area contributed by atoms with E-state index in [0.29, 0.717) is 0 Å².